The lowest BCUT2D eigenvalue weighted by molar-refractivity contribution is 0.646. The Morgan fingerprint density at radius 3 is 2.94 bits per heavy atom. The van der Waals surface area contributed by atoms with Crippen LogP contribution < -0.4 is 11.4 Å². The molecule has 88 valence electrons. The minimum absolute atomic E-state index is 0.168. The first-order valence-electron chi connectivity index (χ1n) is 4.91. The van der Waals surface area contributed by atoms with E-state index in [1.54, 1.807) is 25.4 Å². The van der Waals surface area contributed by atoms with Crippen molar-refractivity contribution in [3.8, 4) is 0 Å². The Morgan fingerprint density at radius 2 is 2.35 bits per heavy atom. The van der Waals surface area contributed by atoms with Gasteiger partial charge in [0.1, 0.15) is 11.3 Å². The molecule has 2 heterocycles. The highest BCUT2D eigenvalue weighted by atomic mass is 32.1. The number of thiocarbonyl (C=S) groups is 1. The number of aryl methyl sites for hydroxylation is 1. The summed E-state index contributed by atoms with van der Waals surface area (Å²) in [6.07, 6.45) is 3.08. The van der Waals surface area contributed by atoms with Gasteiger partial charge in [0.05, 0.1) is 12.2 Å². The van der Waals surface area contributed by atoms with Gasteiger partial charge in [0.15, 0.2) is 0 Å². The fourth-order valence-electron chi connectivity index (χ4n) is 1.41. The van der Waals surface area contributed by atoms with Gasteiger partial charge in [-0.3, -0.25) is 9.55 Å². The molecule has 0 aliphatic carbocycles. The van der Waals surface area contributed by atoms with E-state index < -0.39 is 0 Å². The number of nitrogens with two attached hydrogens (primary N) is 1. The van der Waals surface area contributed by atoms with Gasteiger partial charge in [-0.1, -0.05) is 12.2 Å². The fraction of sp³-hybridized carbons (Fsp3) is 0.200. The average Bonchev–Trinajstić information content (AvgIpc) is 2.61. The fourth-order valence-corrected chi connectivity index (χ4v) is 1.52. The van der Waals surface area contributed by atoms with Crippen molar-refractivity contribution in [1.82, 2.24) is 19.3 Å². The molecule has 6 nitrogen and oxygen atoms in total. The second-order valence-corrected chi connectivity index (χ2v) is 4.04. The predicted octanol–water partition coefficient (Wildman–Crippen LogP) is -0.341. The smallest absolute Gasteiger partial charge is 0.345 e. The normalized spacial score (nSPS) is 10.4. The summed E-state index contributed by atoms with van der Waals surface area (Å²) in [6, 6.07) is 3.55. The lowest BCUT2D eigenvalue weighted by atomic mass is 10.2. The second kappa shape index (κ2) is 4.46. The summed E-state index contributed by atoms with van der Waals surface area (Å²) >= 11 is 4.84. The van der Waals surface area contributed by atoms with Gasteiger partial charge < -0.3 is 5.73 Å². The number of aromatic nitrogens is 4. The first kappa shape index (κ1) is 11.5. The molecular weight excluding hydrogens is 238 g/mol. The zero-order valence-corrected chi connectivity index (χ0v) is 10.0. The highest BCUT2D eigenvalue weighted by Crippen LogP contribution is 2.02. The molecule has 0 fully saturated rings. The van der Waals surface area contributed by atoms with Gasteiger partial charge in [0.25, 0.3) is 0 Å². The van der Waals surface area contributed by atoms with E-state index in [9.17, 15) is 4.79 Å². The van der Waals surface area contributed by atoms with E-state index in [4.69, 9.17) is 18.0 Å². The molecule has 0 unspecified atom stereocenters. The number of rotatable bonds is 3. The minimum atomic E-state index is -0.168. The van der Waals surface area contributed by atoms with Crippen LogP contribution in [0.5, 0.6) is 0 Å². The van der Waals surface area contributed by atoms with Crippen molar-refractivity contribution in [2.75, 3.05) is 0 Å². The van der Waals surface area contributed by atoms with E-state index in [1.807, 2.05) is 0 Å². The molecule has 0 amide bonds. The van der Waals surface area contributed by atoms with Crippen molar-refractivity contribution in [2.45, 2.75) is 6.54 Å². The summed E-state index contributed by atoms with van der Waals surface area (Å²) < 4.78 is 2.77. The van der Waals surface area contributed by atoms with Crippen molar-refractivity contribution in [2.24, 2.45) is 12.8 Å². The van der Waals surface area contributed by atoms with Gasteiger partial charge in [-0.25, -0.2) is 9.48 Å². The monoisotopic (exact) mass is 249 g/mol. The van der Waals surface area contributed by atoms with Crippen LogP contribution in [0.1, 0.15) is 11.3 Å². The van der Waals surface area contributed by atoms with Crippen molar-refractivity contribution in [1.29, 1.82) is 0 Å². The molecule has 17 heavy (non-hydrogen) atoms. The van der Waals surface area contributed by atoms with Gasteiger partial charge in [-0.05, 0) is 17.7 Å². The van der Waals surface area contributed by atoms with Gasteiger partial charge in [0, 0.05) is 13.2 Å². The van der Waals surface area contributed by atoms with E-state index in [-0.39, 0.29) is 10.7 Å². The quantitative estimate of drug-likeness (QED) is 0.753. The van der Waals surface area contributed by atoms with E-state index in [1.165, 1.54) is 15.6 Å². The molecule has 7 heteroatoms. The molecule has 0 radical (unpaired) electrons. The first-order chi connectivity index (χ1) is 8.08. The summed E-state index contributed by atoms with van der Waals surface area (Å²) in [6.45, 7) is 0.373. The average molecular weight is 249 g/mol. The molecule has 0 aliphatic heterocycles. The van der Waals surface area contributed by atoms with Crippen LogP contribution in [-0.2, 0) is 13.6 Å². The van der Waals surface area contributed by atoms with E-state index >= 15 is 0 Å². The van der Waals surface area contributed by atoms with Crippen LogP contribution >= 0.6 is 12.2 Å². The minimum Gasteiger partial charge on any atom is -0.388 e. The number of hydrogen-bond acceptors (Lipinski definition) is 4. The van der Waals surface area contributed by atoms with Crippen LogP contribution in [0.3, 0.4) is 0 Å². The molecule has 0 atom stereocenters. The summed E-state index contributed by atoms with van der Waals surface area (Å²) in [5, 5.41) is 3.97. The van der Waals surface area contributed by atoms with Crippen molar-refractivity contribution >= 4 is 17.2 Å². The third kappa shape index (κ3) is 2.39. The Morgan fingerprint density at radius 1 is 1.59 bits per heavy atom. The number of pyridine rings is 1. The van der Waals surface area contributed by atoms with Crippen molar-refractivity contribution in [3.05, 3.63) is 46.4 Å². The lowest BCUT2D eigenvalue weighted by Crippen LogP contribution is -2.23. The van der Waals surface area contributed by atoms with E-state index in [2.05, 4.69) is 10.1 Å². The second-order valence-electron chi connectivity index (χ2n) is 3.60. The van der Waals surface area contributed by atoms with Crippen LogP contribution in [-0.4, -0.2) is 24.3 Å². The Hall–Kier alpha value is -2.02. The molecule has 2 aromatic rings. The van der Waals surface area contributed by atoms with Gasteiger partial charge in [-0.2, -0.15) is 5.10 Å². The highest BCUT2D eigenvalue weighted by molar-refractivity contribution is 7.80. The maximum absolute atomic E-state index is 11.6. The molecule has 2 aromatic heterocycles. The van der Waals surface area contributed by atoms with Crippen LogP contribution in [0.15, 0.2) is 29.5 Å². The van der Waals surface area contributed by atoms with Crippen molar-refractivity contribution in [3.63, 3.8) is 0 Å². The molecule has 0 aliphatic rings. The third-order valence-corrected chi connectivity index (χ3v) is 2.51. The Balaban J connectivity index is 2.30. The molecular formula is C10H11N5OS. The standard InChI is InChI=1S/C10H11N5OS/c1-14-6-13-15(10(14)16)5-7-2-3-12-8(4-7)9(11)17/h2-4,6H,5H2,1H3,(H2,11,17). The lowest BCUT2D eigenvalue weighted by Gasteiger charge is -2.02. The SMILES string of the molecule is Cn1cnn(Cc2ccnc(C(N)=S)c2)c1=O. The molecule has 2 N–H and O–H groups in total. The van der Waals surface area contributed by atoms with Crippen molar-refractivity contribution < 1.29 is 0 Å². The largest absolute Gasteiger partial charge is 0.388 e. The predicted molar refractivity (Wildman–Crippen MR) is 66.7 cm³/mol. The highest BCUT2D eigenvalue weighted by Gasteiger charge is 2.04. The number of hydrogen-bond donors (Lipinski definition) is 1. The summed E-state index contributed by atoms with van der Waals surface area (Å²) in [4.78, 5) is 15.9. The molecule has 0 bridgehead atoms. The van der Waals surface area contributed by atoms with Crippen LogP contribution in [0.4, 0.5) is 0 Å². The molecule has 2 rings (SSSR count). The zero-order valence-electron chi connectivity index (χ0n) is 9.20. The van der Waals surface area contributed by atoms with E-state index in [0.717, 1.165) is 5.56 Å². The maximum Gasteiger partial charge on any atom is 0.345 e. The topological polar surface area (TPSA) is 78.7 Å². The Labute approximate surface area is 103 Å². The maximum atomic E-state index is 11.6. The van der Waals surface area contributed by atoms with E-state index in [0.29, 0.717) is 12.2 Å². The Bertz CT molecular complexity index is 615. The molecule has 0 aromatic carbocycles. The molecule has 0 saturated heterocycles. The summed E-state index contributed by atoms with van der Waals surface area (Å²) in [7, 11) is 1.65. The first-order valence-corrected chi connectivity index (χ1v) is 5.32. The molecule has 0 spiro atoms. The van der Waals surface area contributed by atoms with Gasteiger partial charge in [-0.15, -0.1) is 0 Å². The third-order valence-electron chi connectivity index (χ3n) is 2.30. The zero-order chi connectivity index (χ0) is 12.4. The summed E-state index contributed by atoms with van der Waals surface area (Å²) in [5.41, 5.74) is 6.74. The Kier molecular flexibility index (Phi) is 3.01. The van der Waals surface area contributed by atoms with Crippen LogP contribution in [0, 0.1) is 0 Å². The summed E-state index contributed by atoms with van der Waals surface area (Å²) in [5.74, 6) is 0. The number of nitrogens with zero attached hydrogens (tertiary/aromatic N) is 4. The van der Waals surface area contributed by atoms with Gasteiger partial charge >= 0.3 is 5.69 Å². The van der Waals surface area contributed by atoms with Crippen LogP contribution in [0.2, 0.25) is 0 Å². The van der Waals surface area contributed by atoms with Gasteiger partial charge in [0.2, 0.25) is 0 Å². The molecule has 0 saturated carbocycles. The van der Waals surface area contributed by atoms with Crippen LogP contribution in [0.25, 0.3) is 0 Å².